The molecule has 5 rings (SSSR count). The molecule has 1 fully saturated rings. The van der Waals surface area contributed by atoms with Gasteiger partial charge in [-0.2, -0.15) is 4.98 Å². The van der Waals surface area contributed by atoms with Gasteiger partial charge in [0.05, 0.1) is 0 Å². The Morgan fingerprint density at radius 2 is 1.79 bits per heavy atom. The predicted molar refractivity (Wildman–Crippen MR) is 115 cm³/mol. The first kappa shape index (κ1) is 19.7. The third kappa shape index (κ3) is 3.89. The number of piperidine rings is 1. The number of aliphatic hydroxyl groups is 1. The maximum atomic E-state index is 13.6. The van der Waals surface area contributed by atoms with Gasteiger partial charge in [0.2, 0.25) is 11.1 Å². The minimum Gasteiger partial charge on any atom is -0.396 e. The highest BCUT2D eigenvalue weighted by Crippen LogP contribution is 2.40. The van der Waals surface area contributed by atoms with Gasteiger partial charge in [-0.05, 0) is 79.5 Å². The average molecular weight is 436 g/mol. The quantitative estimate of drug-likeness (QED) is 0.663. The summed E-state index contributed by atoms with van der Waals surface area (Å²) >= 11 is 1.56. The maximum Gasteiger partial charge on any atom is 0.239 e. The third-order valence-corrected chi connectivity index (χ3v) is 7.72. The predicted octanol–water partition coefficient (Wildman–Crippen LogP) is 4.09. The fourth-order valence-electron chi connectivity index (χ4n) is 4.82. The van der Waals surface area contributed by atoms with Gasteiger partial charge in [-0.15, -0.1) is 13.1 Å². The van der Waals surface area contributed by atoms with E-state index in [4.69, 9.17) is 0 Å². The van der Waals surface area contributed by atoms with E-state index >= 15 is 0 Å². The Morgan fingerprint density at radius 1 is 1.10 bits per heavy atom. The van der Waals surface area contributed by atoms with E-state index in [-0.39, 0.29) is 18.9 Å². The van der Waals surface area contributed by atoms with Crippen LogP contribution in [0.5, 0.6) is 0 Å². The van der Waals surface area contributed by atoms with Gasteiger partial charge in [0, 0.05) is 37.3 Å². The molecule has 0 atom stereocenters. The van der Waals surface area contributed by atoms with Crippen LogP contribution in [0.3, 0.4) is 0 Å². The third-order valence-electron chi connectivity index (χ3n) is 6.38. The van der Waals surface area contributed by atoms with E-state index in [0.29, 0.717) is 17.0 Å². The van der Waals surface area contributed by atoms with E-state index < -0.39 is 0 Å². The van der Waals surface area contributed by atoms with Crippen molar-refractivity contribution in [3.8, 4) is 0 Å². The second kappa shape index (κ2) is 8.45. The molecule has 6 nitrogen and oxygen atoms in total. The van der Waals surface area contributed by atoms with Crippen molar-refractivity contribution in [2.75, 3.05) is 25.0 Å². The highest BCUT2D eigenvalue weighted by Gasteiger charge is 2.26. The minimum atomic E-state index is 0.0837. The second-order valence-corrected chi connectivity index (χ2v) is 9.71. The SMILES string of the molecule is OCC1CCN(Sc2nc(Nc3c4c(cc5c3CCC5)CCC4)n(SF)n2)CC1. The van der Waals surface area contributed by atoms with Crippen LogP contribution < -0.4 is 5.32 Å². The molecule has 0 saturated carbocycles. The molecule has 1 saturated heterocycles. The summed E-state index contributed by atoms with van der Waals surface area (Å²) in [4.78, 5) is 4.61. The van der Waals surface area contributed by atoms with E-state index in [2.05, 4.69) is 25.8 Å². The van der Waals surface area contributed by atoms with Crippen LogP contribution in [0.4, 0.5) is 15.5 Å². The lowest BCUT2D eigenvalue weighted by atomic mass is 9.99. The number of rotatable bonds is 6. The molecule has 0 amide bonds. The van der Waals surface area contributed by atoms with Gasteiger partial charge in [-0.3, -0.25) is 0 Å². The van der Waals surface area contributed by atoms with Crippen LogP contribution in [0.2, 0.25) is 0 Å². The summed E-state index contributed by atoms with van der Waals surface area (Å²) < 4.78 is 17.1. The van der Waals surface area contributed by atoms with Gasteiger partial charge in [0.1, 0.15) is 0 Å². The molecule has 0 radical (unpaired) electrons. The Hall–Kier alpha value is -1.29. The molecule has 0 spiro atoms. The van der Waals surface area contributed by atoms with Crippen LogP contribution in [0, 0.1) is 5.92 Å². The molecule has 0 bridgehead atoms. The lowest BCUT2D eigenvalue weighted by molar-refractivity contribution is 0.174. The monoisotopic (exact) mass is 435 g/mol. The van der Waals surface area contributed by atoms with Crippen molar-refractivity contribution in [3.05, 3.63) is 28.3 Å². The Morgan fingerprint density at radius 3 is 2.41 bits per heavy atom. The van der Waals surface area contributed by atoms with E-state index in [0.717, 1.165) is 57.3 Å². The van der Waals surface area contributed by atoms with Gasteiger partial charge >= 0.3 is 0 Å². The first-order chi connectivity index (χ1) is 14.2. The molecular formula is C20H26FN5OS2. The number of aryl methyl sites for hydroxylation is 2. The van der Waals surface area contributed by atoms with Crippen molar-refractivity contribution in [1.29, 1.82) is 0 Å². The molecule has 29 heavy (non-hydrogen) atoms. The first-order valence-electron chi connectivity index (χ1n) is 10.5. The molecule has 2 aliphatic carbocycles. The molecule has 3 aliphatic rings. The highest BCUT2D eigenvalue weighted by atomic mass is 32.2. The molecule has 2 heterocycles. The molecule has 0 unspecified atom stereocenters. The summed E-state index contributed by atoms with van der Waals surface area (Å²) in [5, 5.41) is 17.7. The summed E-state index contributed by atoms with van der Waals surface area (Å²) in [5.74, 6) is 0.845. The average Bonchev–Trinajstić information content (AvgIpc) is 3.48. The molecule has 1 aromatic carbocycles. The van der Waals surface area contributed by atoms with E-state index in [1.165, 1.54) is 51.1 Å². The van der Waals surface area contributed by atoms with Crippen molar-refractivity contribution in [3.63, 3.8) is 0 Å². The van der Waals surface area contributed by atoms with Crippen LogP contribution in [-0.4, -0.2) is 43.3 Å². The Kier molecular flexibility index (Phi) is 5.73. The van der Waals surface area contributed by atoms with Crippen molar-refractivity contribution >= 4 is 35.9 Å². The number of nitrogens with one attached hydrogen (secondary N) is 1. The Labute approximate surface area is 179 Å². The number of fused-ring (bicyclic) bond motifs is 2. The summed E-state index contributed by atoms with van der Waals surface area (Å²) in [6.45, 7) is 2.02. The smallest absolute Gasteiger partial charge is 0.239 e. The number of nitrogens with zero attached hydrogens (tertiary/aromatic N) is 4. The van der Waals surface area contributed by atoms with Crippen molar-refractivity contribution < 1.29 is 8.99 Å². The summed E-state index contributed by atoms with van der Waals surface area (Å²) in [7, 11) is 0. The fourth-order valence-corrected chi connectivity index (χ4v) is 6.00. The summed E-state index contributed by atoms with van der Waals surface area (Å²) in [5.41, 5.74) is 6.78. The van der Waals surface area contributed by atoms with Crippen LogP contribution in [0.25, 0.3) is 0 Å². The number of benzene rings is 1. The molecule has 1 aromatic heterocycles. The minimum absolute atomic E-state index is 0.0837. The van der Waals surface area contributed by atoms with Gasteiger partial charge < -0.3 is 10.4 Å². The van der Waals surface area contributed by atoms with Crippen LogP contribution in [0.1, 0.15) is 47.9 Å². The zero-order chi connectivity index (χ0) is 19.8. The Balaban J connectivity index is 1.38. The molecule has 9 heteroatoms. The maximum absolute atomic E-state index is 13.6. The normalized spacial score (nSPS) is 19.5. The second-order valence-electron chi connectivity index (χ2n) is 8.17. The number of halogens is 1. The lowest BCUT2D eigenvalue weighted by Gasteiger charge is -2.28. The van der Waals surface area contributed by atoms with Crippen LogP contribution in [0.15, 0.2) is 11.2 Å². The van der Waals surface area contributed by atoms with Gasteiger partial charge in [-0.25, -0.2) is 4.31 Å². The number of aromatic nitrogens is 3. The first-order valence-corrected chi connectivity index (χ1v) is 11.9. The van der Waals surface area contributed by atoms with E-state index in [9.17, 15) is 8.99 Å². The van der Waals surface area contributed by atoms with E-state index in [1.807, 2.05) is 0 Å². The zero-order valence-electron chi connectivity index (χ0n) is 16.4. The van der Waals surface area contributed by atoms with Crippen LogP contribution >= 0.6 is 24.3 Å². The van der Waals surface area contributed by atoms with Gasteiger partial charge in [0.15, 0.2) is 12.3 Å². The standard InChI is InChI=1S/C20H26FN5OS2/c21-29-26-19(23-20(24-26)28-25-9-7-13(12-27)8-10-25)22-18-16-5-1-3-14(16)11-15-4-2-6-17(15)18/h11,13,27H,1-10,12H2,(H,22,23,24). The molecule has 2 aromatic rings. The molecule has 2 N–H and O–H groups in total. The number of aliphatic hydroxyl groups excluding tert-OH is 1. The molecule has 1 aliphatic heterocycles. The van der Waals surface area contributed by atoms with Crippen molar-refractivity contribution in [1.82, 2.24) is 18.5 Å². The number of hydrogen-bond donors (Lipinski definition) is 2. The Bertz CT molecular complexity index is 865. The number of hydrogen-bond acceptors (Lipinski definition) is 7. The summed E-state index contributed by atoms with van der Waals surface area (Å²) in [6, 6.07) is 2.39. The van der Waals surface area contributed by atoms with Gasteiger partial charge in [-0.1, -0.05) is 6.07 Å². The van der Waals surface area contributed by atoms with Crippen molar-refractivity contribution in [2.24, 2.45) is 5.92 Å². The molecular weight excluding hydrogens is 409 g/mol. The molecule has 156 valence electrons. The zero-order valence-corrected chi connectivity index (χ0v) is 18.0. The van der Waals surface area contributed by atoms with Crippen molar-refractivity contribution in [2.45, 2.75) is 56.5 Å². The fraction of sp³-hybridized carbons (Fsp3) is 0.600. The van der Waals surface area contributed by atoms with Crippen LogP contribution in [-0.2, 0) is 25.7 Å². The van der Waals surface area contributed by atoms with E-state index in [1.54, 1.807) is 0 Å². The lowest BCUT2D eigenvalue weighted by Crippen LogP contribution is -2.29. The largest absolute Gasteiger partial charge is 0.396 e. The topological polar surface area (TPSA) is 66.2 Å². The number of anilines is 2. The van der Waals surface area contributed by atoms with Gasteiger partial charge in [0.25, 0.3) is 0 Å². The summed E-state index contributed by atoms with van der Waals surface area (Å²) in [6.07, 6.45) is 8.71. The highest BCUT2D eigenvalue weighted by molar-refractivity contribution is 7.97.